The monoisotopic (exact) mass is 298 g/mol. The van der Waals surface area contributed by atoms with Crippen LogP contribution in [-0.2, 0) is 4.79 Å². The molecule has 4 rings (SSSR count). The van der Waals surface area contributed by atoms with Crippen molar-refractivity contribution in [2.24, 2.45) is 17.8 Å². The first-order chi connectivity index (χ1) is 10.7. The molecule has 0 unspecified atom stereocenters. The predicted molar refractivity (Wildman–Crippen MR) is 84.5 cm³/mol. The van der Waals surface area contributed by atoms with Crippen molar-refractivity contribution in [2.45, 2.75) is 44.6 Å². The minimum absolute atomic E-state index is 0.0775. The van der Waals surface area contributed by atoms with E-state index >= 15 is 0 Å². The zero-order chi connectivity index (χ0) is 15.1. The van der Waals surface area contributed by atoms with Gasteiger partial charge in [-0.2, -0.15) is 0 Å². The first-order valence-corrected chi connectivity index (χ1v) is 8.41. The fraction of sp³-hybridized carbons (Fsp3) is 0.556. The van der Waals surface area contributed by atoms with Crippen LogP contribution < -0.4 is 10.6 Å². The van der Waals surface area contributed by atoms with E-state index in [-0.39, 0.29) is 17.7 Å². The van der Waals surface area contributed by atoms with Gasteiger partial charge in [0.05, 0.1) is 11.3 Å². The molecule has 0 radical (unpaired) electrons. The molecule has 2 amide bonds. The van der Waals surface area contributed by atoms with Crippen LogP contribution >= 0.6 is 0 Å². The highest BCUT2D eigenvalue weighted by molar-refractivity contribution is 6.04. The molecule has 116 valence electrons. The summed E-state index contributed by atoms with van der Waals surface area (Å²) in [5, 5.41) is 6.00. The molecule has 2 N–H and O–H groups in total. The Bertz CT molecular complexity index is 609. The number of carbonyl (C=O) groups excluding carboxylic acids is 2. The third-order valence-electron chi connectivity index (χ3n) is 5.42. The fourth-order valence-electron chi connectivity index (χ4n) is 4.07. The van der Waals surface area contributed by atoms with Crippen LogP contribution in [0.5, 0.6) is 0 Å². The standard InChI is InChI=1S/C18H22N2O2/c21-17(19-13-7-8-13)14-3-1-2-4-16(14)20-18(22)15-10-11-5-6-12(15)9-11/h1-4,11-13,15H,5-10H2,(H,19,21)(H,20,22)/t11-,12-,15-/m0/s1. The number of carbonyl (C=O) groups is 2. The second kappa shape index (κ2) is 5.41. The van der Waals surface area contributed by atoms with Crippen LogP contribution in [0.2, 0.25) is 0 Å². The van der Waals surface area contributed by atoms with Crippen molar-refractivity contribution in [1.29, 1.82) is 0 Å². The first-order valence-electron chi connectivity index (χ1n) is 8.41. The number of amides is 2. The van der Waals surface area contributed by atoms with Crippen LogP contribution in [0.25, 0.3) is 0 Å². The summed E-state index contributed by atoms with van der Waals surface area (Å²) in [7, 11) is 0. The lowest BCUT2D eigenvalue weighted by Gasteiger charge is -2.21. The second-order valence-corrected chi connectivity index (χ2v) is 7.06. The molecule has 0 saturated heterocycles. The lowest BCUT2D eigenvalue weighted by molar-refractivity contribution is -0.121. The van der Waals surface area contributed by atoms with Gasteiger partial charge < -0.3 is 10.6 Å². The molecule has 1 aromatic carbocycles. The summed E-state index contributed by atoms with van der Waals surface area (Å²) >= 11 is 0. The van der Waals surface area contributed by atoms with Gasteiger partial charge in [0.25, 0.3) is 5.91 Å². The van der Waals surface area contributed by atoms with E-state index in [0.29, 0.717) is 23.2 Å². The van der Waals surface area contributed by atoms with E-state index in [4.69, 9.17) is 0 Å². The Morgan fingerprint density at radius 2 is 1.82 bits per heavy atom. The van der Waals surface area contributed by atoms with Crippen molar-refractivity contribution < 1.29 is 9.59 Å². The number of anilines is 1. The zero-order valence-corrected chi connectivity index (χ0v) is 12.7. The number of benzene rings is 1. The Kier molecular flexibility index (Phi) is 3.40. The lowest BCUT2D eigenvalue weighted by atomic mass is 9.88. The normalized spacial score (nSPS) is 29.4. The highest BCUT2D eigenvalue weighted by atomic mass is 16.2. The van der Waals surface area contributed by atoms with Gasteiger partial charge in [-0.1, -0.05) is 18.6 Å². The third-order valence-corrected chi connectivity index (χ3v) is 5.42. The number of nitrogens with one attached hydrogen (secondary N) is 2. The van der Waals surface area contributed by atoms with Gasteiger partial charge in [0.15, 0.2) is 0 Å². The quantitative estimate of drug-likeness (QED) is 0.898. The zero-order valence-electron chi connectivity index (χ0n) is 12.7. The molecule has 3 saturated carbocycles. The highest BCUT2D eigenvalue weighted by Gasteiger charge is 2.43. The average molecular weight is 298 g/mol. The Balaban J connectivity index is 1.47. The maximum Gasteiger partial charge on any atom is 0.253 e. The summed E-state index contributed by atoms with van der Waals surface area (Å²) in [5.41, 5.74) is 1.22. The SMILES string of the molecule is O=C(NC1CC1)c1ccccc1NC(=O)[C@H]1C[C@H]2CC[C@H]1C2. The van der Waals surface area contributed by atoms with Crippen molar-refractivity contribution in [3.8, 4) is 0 Å². The molecule has 0 aromatic heterocycles. The van der Waals surface area contributed by atoms with E-state index in [9.17, 15) is 9.59 Å². The van der Waals surface area contributed by atoms with Gasteiger partial charge >= 0.3 is 0 Å². The van der Waals surface area contributed by atoms with Gasteiger partial charge in [-0.15, -0.1) is 0 Å². The molecule has 3 atom stereocenters. The molecule has 0 spiro atoms. The largest absolute Gasteiger partial charge is 0.349 e. The maximum absolute atomic E-state index is 12.6. The summed E-state index contributed by atoms with van der Waals surface area (Å²) < 4.78 is 0. The molecule has 3 aliphatic carbocycles. The molecule has 0 heterocycles. The van der Waals surface area contributed by atoms with Gasteiger partial charge in [0.2, 0.25) is 5.91 Å². The van der Waals surface area contributed by atoms with Crippen molar-refractivity contribution >= 4 is 17.5 Å². The van der Waals surface area contributed by atoms with Gasteiger partial charge in [-0.3, -0.25) is 9.59 Å². The topological polar surface area (TPSA) is 58.2 Å². The number of hydrogen-bond donors (Lipinski definition) is 2. The van der Waals surface area contributed by atoms with Gasteiger partial charge in [-0.25, -0.2) is 0 Å². The maximum atomic E-state index is 12.6. The van der Waals surface area contributed by atoms with Crippen LogP contribution in [0.15, 0.2) is 24.3 Å². The van der Waals surface area contributed by atoms with Crippen LogP contribution in [0.4, 0.5) is 5.69 Å². The van der Waals surface area contributed by atoms with E-state index in [0.717, 1.165) is 25.2 Å². The van der Waals surface area contributed by atoms with E-state index in [1.54, 1.807) is 6.07 Å². The molecule has 1 aromatic rings. The molecule has 3 fully saturated rings. The van der Waals surface area contributed by atoms with Gasteiger partial charge in [0.1, 0.15) is 0 Å². The number of rotatable bonds is 4. The number of fused-ring (bicyclic) bond motifs is 2. The smallest absolute Gasteiger partial charge is 0.253 e. The van der Waals surface area contributed by atoms with Crippen molar-refractivity contribution in [1.82, 2.24) is 5.32 Å². The van der Waals surface area contributed by atoms with Gasteiger partial charge in [-0.05, 0) is 56.1 Å². The van der Waals surface area contributed by atoms with Crippen molar-refractivity contribution in [3.05, 3.63) is 29.8 Å². The second-order valence-electron chi connectivity index (χ2n) is 7.06. The van der Waals surface area contributed by atoms with Crippen LogP contribution in [0, 0.1) is 17.8 Å². The molecule has 4 heteroatoms. The molecule has 3 aliphatic rings. The van der Waals surface area contributed by atoms with E-state index < -0.39 is 0 Å². The Morgan fingerprint density at radius 1 is 1.00 bits per heavy atom. The van der Waals surface area contributed by atoms with Crippen LogP contribution in [-0.4, -0.2) is 17.9 Å². The average Bonchev–Trinajstić information content (AvgIpc) is 3.08. The number of para-hydroxylation sites is 1. The summed E-state index contributed by atoms with van der Waals surface area (Å²) in [6.45, 7) is 0. The minimum Gasteiger partial charge on any atom is -0.349 e. The molecule has 22 heavy (non-hydrogen) atoms. The Labute approximate surface area is 130 Å². The van der Waals surface area contributed by atoms with E-state index in [1.807, 2.05) is 18.2 Å². The van der Waals surface area contributed by atoms with Crippen LogP contribution in [0.3, 0.4) is 0 Å². The van der Waals surface area contributed by atoms with Gasteiger partial charge in [0, 0.05) is 12.0 Å². The molecular weight excluding hydrogens is 276 g/mol. The number of hydrogen-bond acceptors (Lipinski definition) is 2. The van der Waals surface area contributed by atoms with E-state index in [2.05, 4.69) is 10.6 Å². The summed E-state index contributed by atoms with van der Waals surface area (Å²) in [4.78, 5) is 24.9. The third kappa shape index (κ3) is 2.62. The van der Waals surface area contributed by atoms with Crippen LogP contribution in [0.1, 0.15) is 48.9 Å². The summed E-state index contributed by atoms with van der Waals surface area (Å²) in [5.74, 6) is 1.45. The summed E-state index contributed by atoms with van der Waals surface area (Å²) in [6, 6.07) is 7.64. The minimum atomic E-state index is -0.0775. The Morgan fingerprint density at radius 3 is 2.50 bits per heavy atom. The predicted octanol–water partition coefficient (Wildman–Crippen LogP) is 2.95. The first kappa shape index (κ1) is 13.8. The van der Waals surface area contributed by atoms with E-state index in [1.165, 1.54) is 19.3 Å². The fourth-order valence-corrected chi connectivity index (χ4v) is 4.07. The molecule has 2 bridgehead atoms. The molecule has 4 nitrogen and oxygen atoms in total. The lowest BCUT2D eigenvalue weighted by Crippen LogP contribution is -2.30. The molecule has 0 aliphatic heterocycles. The van der Waals surface area contributed by atoms with Crippen molar-refractivity contribution in [3.63, 3.8) is 0 Å². The highest BCUT2D eigenvalue weighted by Crippen LogP contribution is 2.48. The Hall–Kier alpha value is -1.84. The summed E-state index contributed by atoms with van der Waals surface area (Å²) in [6.07, 6.45) is 6.83. The van der Waals surface area contributed by atoms with Crippen molar-refractivity contribution in [2.75, 3.05) is 5.32 Å². The molecular formula is C18H22N2O2.